The van der Waals surface area contributed by atoms with E-state index in [4.69, 9.17) is 9.15 Å². The smallest absolute Gasteiger partial charge is 0.261 e. The van der Waals surface area contributed by atoms with E-state index >= 15 is 0 Å². The number of carbonyl (C=O) groups excluding carboxylic acids is 3. The van der Waals surface area contributed by atoms with Crippen molar-refractivity contribution in [3.8, 4) is 0 Å². The van der Waals surface area contributed by atoms with Gasteiger partial charge < -0.3 is 14.1 Å². The van der Waals surface area contributed by atoms with Gasteiger partial charge in [0.05, 0.1) is 23.9 Å². The van der Waals surface area contributed by atoms with E-state index in [0.29, 0.717) is 37.3 Å². The average molecular weight is 396 g/mol. The third-order valence-electron chi connectivity index (χ3n) is 5.51. The Hall–Kier alpha value is -2.93. The van der Waals surface area contributed by atoms with Gasteiger partial charge in [-0.05, 0) is 43.5 Å². The number of fused-ring (bicyclic) bond motifs is 1. The highest BCUT2D eigenvalue weighted by Crippen LogP contribution is 2.23. The number of imide groups is 1. The van der Waals surface area contributed by atoms with Crippen LogP contribution in [0.4, 0.5) is 0 Å². The van der Waals surface area contributed by atoms with Crippen molar-refractivity contribution >= 4 is 17.7 Å². The molecule has 0 radical (unpaired) electrons. The number of hydrogen-bond donors (Lipinski definition) is 0. The van der Waals surface area contributed by atoms with Crippen LogP contribution in [-0.2, 0) is 16.1 Å². The van der Waals surface area contributed by atoms with Crippen molar-refractivity contribution < 1.29 is 23.5 Å². The Kier molecular flexibility index (Phi) is 5.76. The predicted molar refractivity (Wildman–Crippen MR) is 104 cm³/mol. The number of amides is 3. The van der Waals surface area contributed by atoms with E-state index < -0.39 is 0 Å². The third kappa shape index (κ3) is 4.10. The van der Waals surface area contributed by atoms with Crippen LogP contribution in [0.3, 0.4) is 0 Å². The molecule has 0 N–H and O–H groups in total. The van der Waals surface area contributed by atoms with Crippen molar-refractivity contribution in [2.45, 2.75) is 38.3 Å². The van der Waals surface area contributed by atoms with Gasteiger partial charge in [-0.15, -0.1) is 0 Å². The summed E-state index contributed by atoms with van der Waals surface area (Å²) in [6, 6.07) is 10.6. The largest absolute Gasteiger partial charge is 0.467 e. The van der Waals surface area contributed by atoms with Crippen LogP contribution in [0.1, 0.15) is 52.2 Å². The molecule has 0 spiro atoms. The highest BCUT2D eigenvalue weighted by atomic mass is 16.5. The number of rotatable bonds is 7. The summed E-state index contributed by atoms with van der Waals surface area (Å²) in [7, 11) is 0. The molecule has 0 saturated carbocycles. The third-order valence-corrected chi connectivity index (χ3v) is 5.51. The van der Waals surface area contributed by atoms with Crippen LogP contribution < -0.4 is 0 Å². The molecule has 1 aromatic heterocycles. The number of nitrogens with zero attached hydrogens (tertiary/aromatic N) is 2. The molecule has 2 aliphatic rings. The van der Waals surface area contributed by atoms with E-state index in [0.717, 1.165) is 18.6 Å². The molecule has 29 heavy (non-hydrogen) atoms. The molecule has 3 heterocycles. The monoisotopic (exact) mass is 396 g/mol. The molecule has 1 saturated heterocycles. The predicted octanol–water partition coefficient (Wildman–Crippen LogP) is 2.86. The van der Waals surface area contributed by atoms with Gasteiger partial charge in [0.2, 0.25) is 5.91 Å². The number of benzene rings is 1. The van der Waals surface area contributed by atoms with E-state index in [1.165, 1.54) is 4.90 Å². The minimum Gasteiger partial charge on any atom is -0.467 e. The molecule has 0 bridgehead atoms. The van der Waals surface area contributed by atoms with E-state index in [1.807, 2.05) is 17.0 Å². The Labute approximate surface area is 169 Å². The minimum absolute atomic E-state index is 0.00455. The van der Waals surface area contributed by atoms with Gasteiger partial charge in [-0.3, -0.25) is 19.3 Å². The maximum Gasteiger partial charge on any atom is 0.261 e. The quantitative estimate of drug-likeness (QED) is 0.673. The zero-order chi connectivity index (χ0) is 20.2. The van der Waals surface area contributed by atoms with Gasteiger partial charge in [0.25, 0.3) is 11.8 Å². The van der Waals surface area contributed by atoms with E-state index in [-0.39, 0.29) is 36.7 Å². The van der Waals surface area contributed by atoms with Crippen LogP contribution >= 0.6 is 0 Å². The van der Waals surface area contributed by atoms with Crippen molar-refractivity contribution in [2.24, 2.45) is 0 Å². The minimum atomic E-state index is -0.282. The second-order valence-electron chi connectivity index (χ2n) is 7.36. The molecule has 0 atom stereocenters. The second kappa shape index (κ2) is 8.61. The molecule has 152 valence electrons. The Morgan fingerprint density at radius 2 is 1.72 bits per heavy atom. The molecule has 7 heteroatoms. The first-order valence-corrected chi connectivity index (χ1v) is 10.00. The molecule has 0 unspecified atom stereocenters. The Balaban J connectivity index is 1.37. The summed E-state index contributed by atoms with van der Waals surface area (Å²) in [5.41, 5.74) is 0.871. The lowest BCUT2D eigenvalue weighted by atomic mass is 10.1. The zero-order valence-electron chi connectivity index (χ0n) is 16.2. The summed E-state index contributed by atoms with van der Waals surface area (Å²) in [5.74, 6) is 0.180. The normalized spacial score (nSPS) is 16.9. The standard InChI is InChI=1S/C22H24N2O5/c25-20(24(15-17-5-4-12-29-17)16-9-13-28-14-10-16)8-3-11-23-21(26)18-6-1-2-7-19(18)22(23)27/h1-2,4-7,12,16H,3,8-11,13-15H2. The molecule has 1 fully saturated rings. The molecule has 7 nitrogen and oxygen atoms in total. The fourth-order valence-corrected chi connectivity index (χ4v) is 3.96. The summed E-state index contributed by atoms with van der Waals surface area (Å²) >= 11 is 0. The van der Waals surface area contributed by atoms with Gasteiger partial charge in [0.1, 0.15) is 5.76 Å². The maximum absolute atomic E-state index is 13.0. The Morgan fingerprint density at radius 3 is 2.34 bits per heavy atom. The van der Waals surface area contributed by atoms with Crippen LogP contribution in [0.15, 0.2) is 47.1 Å². The van der Waals surface area contributed by atoms with Gasteiger partial charge in [0.15, 0.2) is 0 Å². The topological polar surface area (TPSA) is 80.1 Å². The average Bonchev–Trinajstić information content (AvgIpc) is 3.35. The number of ether oxygens (including phenoxy) is 1. The lowest BCUT2D eigenvalue weighted by molar-refractivity contribution is -0.136. The highest BCUT2D eigenvalue weighted by Gasteiger charge is 2.35. The van der Waals surface area contributed by atoms with Gasteiger partial charge in [-0.25, -0.2) is 0 Å². The zero-order valence-corrected chi connectivity index (χ0v) is 16.2. The summed E-state index contributed by atoms with van der Waals surface area (Å²) in [6.07, 6.45) is 3.90. The summed E-state index contributed by atoms with van der Waals surface area (Å²) < 4.78 is 10.9. The molecular formula is C22H24N2O5. The van der Waals surface area contributed by atoms with Gasteiger partial charge >= 0.3 is 0 Å². The fourth-order valence-electron chi connectivity index (χ4n) is 3.96. The Morgan fingerprint density at radius 1 is 1.03 bits per heavy atom. The number of furan rings is 1. The maximum atomic E-state index is 13.0. The first kappa shape index (κ1) is 19.4. The van der Waals surface area contributed by atoms with E-state index in [1.54, 1.807) is 30.5 Å². The summed E-state index contributed by atoms with van der Waals surface area (Å²) in [4.78, 5) is 41.0. The van der Waals surface area contributed by atoms with Gasteiger partial charge in [-0.2, -0.15) is 0 Å². The van der Waals surface area contributed by atoms with Gasteiger partial charge in [0, 0.05) is 32.2 Å². The van der Waals surface area contributed by atoms with Crippen LogP contribution in [0.5, 0.6) is 0 Å². The van der Waals surface area contributed by atoms with Crippen LogP contribution in [0, 0.1) is 0 Å². The molecule has 4 rings (SSSR count). The van der Waals surface area contributed by atoms with E-state index in [2.05, 4.69) is 0 Å². The van der Waals surface area contributed by atoms with Crippen molar-refractivity contribution in [3.63, 3.8) is 0 Å². The van der Waals surface area contributed by atoms with Crippen molar-refractivity contribution in [1.82, 2.24) is 9.80 Å². The molecule has 0 aliphatic carbocycles. The van der Waals surface area contributed by atoms with Crippen LogP contribution in [-0.4, -0.2) is 53.3 Å². The molecule has 2 aliphatic heterocycles. The summed E-state index contributed by atoms with van der Waals surface area (Å²) in [5, 5.41) is 0. The number of hydrogen-bond acceptors (Lipinski definition) is 5. The lowest BCUT2D eigenvalue weighted by Crippen LogP contribution is -2.43. The Bertz CT molecular complexity index is 851. The van der Waals surface area contributed by atoms with Crippen molar-refractivity contribution in [1.29, 1.82) is 0 Å². The van der Waals surface area contributed by atoms with Crippen molar-refractivity contribution in [2.75, 3.05) is 19.8 Å². The number of carbonyl (C=O) groups is 3. The first-order valence-electron chi connectivity index (χ1n) is 10.00. The van der Waals surface area contributed by atoms with Gasteiger partial charge in [-0.1, -0.05) is 12.1 Å². The first-order chi connectivity index (χ1) is 14.1. The molecular weight excluding hydrogens is 372 g/mol. The van der Waals surface area contributed by atoms with Crippen LogP contribution in [0.25, 0.3) is 0 Å². The fraction of sp³-hybridized carbons (Fsp3) is 0.409. The van der Waals surface area contributed by atoms with Crippen molar-refractivity contribution in [3.05, 3.63) is 59.5 Å². The molecule has 3 amide bonds. The lowest BCUT2D eigenvalue weighted by Gasteiger charge is -2.34. The van der Waals surface area contributed by atoms with E-state index in [9.17, 15) is 14.4 Å². The highest BCUT2D eigenvalue weighted by molar-refractivity contribution is 6.21. The summed E-state index contributed by atoms with van der Waals surface area (Å²) in [6.45, 7) is 1.94. The second-order valence-corrected chi connectivity index (χ2v) is 7.36. The molecule has 1 aromatic carbocycles. The SMILES string of the molecule is O=C1c2ccccc2C(=O)N1CCCC(=O)N(Cc1ccco1)C1CCOCC1. The van der Waals surface area contributed by atoms with Crippen LogP contribution in [0.2, 0.25) is 0 Å². The molecule has 2 aromatic rings.